The minimum Gasteiger partial charge on any atom is -0.388 e. The van der Waals surface area contributed by atoms with E-state index in [0.29, 0.717) is 42.6 Å². The van der Waals surface area contributed by atoms with Gasteiger partial charge in [-0.3, -0.25) is 14.5 Å². The van der Waals surface area contributed by atoms with Crippen LogP contribution in [0.1, 0.15) is 67.1 Å². The van der Waals surface area contributed by atoms with Crippen molar-refractivity contribution in [3.63, 3.8) is 0 Å². The van der Waals surface area contributed by atoms with Crippen molar-refractivity contribution in [3.8, 4) is 17.2 Å². The van der Waals surface area contributed by atoms with Crippen molar-refractivity contribution >= 4 is 11.7 Å². The van der Waals surface area contributed by atoms with E-state index in [1.807, 2.05) is 68.1 Å². The van der Waals surface area contributed by atoms with Crippen molar-refractivity contribution in [1.82, 2.24) is 30.0 Å². The zero-order valence-corrected chi connectivity index (χ0v) is 25.0. The molecule has 2 aliphatic carbocycles. The standard InChI is InChI=1S/C34H38N8O2/c1-42-21-28(20-40-42)26-11-12-29(36-18-26)31(33(43)38-17-24-5-3-2-4-6-24)25-9-7-23(8-10-25)15-30-37-19-27(16-35)32(41-30)39-22-34(44)13-14-34/h2-6,11-12,18-21,23,25,31,44H,7-10,13-15,17,22H2,1H3,(H,38,43)(H,37,39,41)/t23-,25-,31?. The van der Waals surface area contributed by atoms with Gasteiger partial charge >= 0.3 is 0 Å². The quantitative estimate of drug-likeness (QED) is 0.231. The molecule has 2 saturated carbocycles. The maximum absolute atomic E-state index is 13.7. The van der Waals surface area contributed by atoms with Crippen molar-refractivity contribution < 1.29 is 9.90 Å². The van der Waals surface area contributed by atoms with Crippen LogP contribution >= 0.6 is 0 Å². The number of nitrogens with zero attached hydrogens (tertiary/aromatic N) is 6. The zero-order valence-electron chi connectivity index (χ0n) is 25.0. The maximum Gasteiger partial charge on any atom is 0.229 e. The third-order valence-electron chi connectivity index (χ3n) is 8.94. The first-order valence-corrected chi connectivity index (χ1v) is 15.4. The zero-order chi connectivity index (χ0) is 30.5. The second-order valence-electron chi connectivity index (χ2n) is 12.3. The number of hydrogen-bond acceptors (Lipinski definition) is 8. The van der Waals surface area contributed by atoms with Gasteiger partial charge in [-0.1, -0.05) is 36.4 Å². The number of amides is 1. The van der Waals surface area contributed by atoms with E-state index in [-0.39, 0.29) is 17.7 Å². The molecule has 0 saturated heterocycles. The van der Waals surface area contributed by atoms with E-state index in [1.165, 1.54) is 0 Å². The average molecular weight is 591 g/mol. The number of pyridine rings is 1. The highest BCUT2D eigenvalue weighted by molar-refractivity contribution is 5.83. The van der Waals surface area contributed by atoms with E-state index in [4.69, 9.17) is 4.98 Å². The van der Waals surface area contributed by atoms with Crippen LogP contribution in [0.4, 0.5) is 5.82 Å². The van der Waals surface area contributed by atoms with Gasteiger partial charge in [0.2, 0.25) is 5.91 Å². The van der Waals surface area contributed by atoms with Crippen LogP contribution in [0.25, 0.3) is 11.1 Å². The lowest BCUT2D eigenvalue weighted by Gasteiger charge is -2.33. The molecule has 10 heteroatoms. The third kappa shape index (κ3) is 7.12. The molecule has 3 N–H and O–H groups in total. The number of aromatic nitrogens is 5. The summed E-state index contributed by atoms with van der Waals surface area (Å²) in [5.74, 6) is 1.39. The van der Waals surface area contributed by atoms with Crippen LogP contribution in [0, 0.1) is 23.2 Å². The summed E-state index contributed by atoms with van der Waals surface area (Å²) in [5.41, 5.74) is 3.50. The number of nitriles is 1. The summed E-state index contributed by atoms with van der Waals surface area (Å²) in [6, 6.07) is 16.1. The van der Waals surface area contributed by atoms with Crippen molar-refractivity contribution in [1.29, 1.82) is 5.26 Å². The number of carbonyl (C=O) groups excluding carboxylic acids is 1. The van der Waals surface area contributed by atoms with Gasteiger partial charge in [-0.05, 0) is 62.0 Å². The normalized spacial score (nSPS) is 19.5. The highest BCUT2D eigenvalue weighted by atomic mass is 16.3. The number of nitrogens with one attached hydrogen (secondary N) is 2. The van der Waals surface area contributed by atoms with Crippen LogP contribution < -0.4 is 10.6 Å². The van der Waals surface area contributed by atoms with E-state index in [1.54, 1.807) is 10.9 Å². The molecule has 3 aromatic heterocycles. The van der Waals surface area contributed by atoms with Crippen LogP contribution in [0.2, 0.25) is 0 Å². The summed E-state index contributed by atoms with van der Waals surface area (Å²) in [5, 5.41) is 30.3. The highest BCUT2D eigenvalue weighted by Gasteiger charge is 2.40. The van der Waals surface area contributed by atoms with E-state index in [9.17, 15) is 15.2 Å². The first kappa shape index (κ1) is 29.5. The SMILES string of the molecule is Cn1cc(-c2ccc(C(C(=O)NCc3ccccc3)[C@H]3CC[C@H](Cc4ncc(C#N)c(NCC5(O)CC5)n4)CC3)nc2)cn1. The molecule has 6 rings (SSSR count). The number of rotatable bonds is 11. The molecule has 0 spiro atoms. The lowest BCUT2D eigenvalue weighted by atomic mass is 9.73. The van der Waals surface area contributed by atoms with Crippen LogP contribution in [0.3, 0.4) is 0 Å². The van der Waals surface area contributed by atoms with Gasteiger partial charge in [0.05, 0.1) is 29.6 Å². The largest absolute Gasteiger partial charge is 0.388 e. The molecule has 0 radical (unpaired) electrons. The van der Waals surface area contributed by atoms with Gasteiger partial charge in [-0.2, -0.15) is 10.4 Å². The van der Waals surface area contributed by atoms with Crippen molar-refractivity contribution in [2.45, 2.75) is 63.0 Å². The predicted octanol–water partition coefficient (Wildman–Crippen LogP) is 4.53. The molecule has 1 amide bonds. The number of anilines is 1. The summed E-state index contributed by atoms with van der Waals surface area (Å²) >= 11 is 0. The Morgan fingerprint density at radius 3 is 2.52 bits per heavy atom. The van der Waals surface area contributed by atoms with E-state index in [2.05, 4.69) is 31.8 Å². The Balaban J connectivity index is 1.13. The lowest BCUT2D eigenvalue weighted by Crippen LogP contribution is -2.35. The average Bonchev–Trinajstić information content (AvgIpc) is 3.64. The fraction of sp³-hybridized carbons (Fsp3) is 0.412. The van der Waals surface area contributed by atoms with Gasteiger partial charge in [0.1, 0.15) is 23.3 Å². The predicted molar refractivity (Wildman–Crippen MR) is 166 cm³/mol. The molecule has 226 valence electrons. The summed E-state index contributed by atoms with van der Waals surface area (Å²) in [6.07, 6.45) is 13.1. The second-order valence-corrected chi connectivity index (χ2v) is 12.3. The topological polar surface area (TPSA) is 142 Å². The Kier molecular flexibility index (Phi) is 8.66. The minimum absolute atomic E-state index is 0.00221. The van der Waals surface area contributed by atoms with Crippen LogP contribution in [-0.2, 0) is 24.8 Å². The Morgan fingerprint density at radius 2 is 1.86 bits per heavy atom. The summed E-state index contributed by atoms with van der Waals surface area (Å²) < 4.78 is 1.76. The molecule has 0 aliphatic heterocycles. The Morgan fingerprint density at radius 1 is 1.07 bits per heavy atom. The van der Waals surface area contributed by atoms with Crippen LogP contribution in [-0.4, -0.2) is 47.9 Å². The Hall–Kier alpha value is -4.62. The van der Waals surface area contributed by atoms with Gasteiger partial charge < -0.3 is 15.7 Å². The van der Waals surface area contributed by atoms with E-state index < -0.39 is 5.60 Å². The van der Waals surface area contributed by atoms with Crippen molar-refractivity contribution in [2.75, 3.05) is 11.9 Å². The Labute approximate surface area is 257 Å². The van der Waals surface area contributed by atoms with Gasteiger partial charge in [0.15, 0.2) is 0 Å². The van der Waals surface area contributed by atoms with Crippen LogP contribution in [0.15, 0.2) is 67.3 Å². The first-order valence-electron chi connectivity index (χ1n) is 15.4. The molecule has 1 unspecified atom stereocenters. The van der Waals surface area contributed by atoms with Gasteiger partial charge in [0.25, 0.3) is 0 Å². The second kappa shape index (κ2) is 12.9. The molecule has 0 bridgehead atoms. The third-order valence-corrected chi connectivity index (χ3v) is 8.94. The number of aryl methyl sites for hydroxylation is 1. The van der Waals surface area contributed by atoms with Crippen molar-refractivity contribution in [3.05, 3.63) is 89.9 Å². The number of aliphatic hydroxyl groups is 1. The first-order chi connectivity index (χ1) is 21.4. The molecule has 2 fully saturated rings. The van der Waals surface area contributed by atoms with Crippen molar-refractivity contribution in [2.24, 2.45) is 18.9 Å². The van der Waals surface area contributed by atoms with E-state index >= 15 is 0 Å². The molecule has 2 aliphatic rings. The Bertz CT molecular complexity index is 1620. The number of hydrogen-bond donors (Lipinski definition) is 3. The van der Waals surface area contributed by atoms with Crippen LogP contribution in [0.5, 0.6) is 0 Å². The maximum atomic E-state index is 13.7. The fourth-order valence-electron chi connectivity index (χ4n) is 6.10. The molecular formula is C34H38N8O2. The molecule has 1 aromatic carbocycles. The van der Waals surface area contributed by atoms with Gasteiger partial charge in [0, 0.05) is 50.1 Å². The molecule has 44 heavy (non-hydrogen) atoms. The molecule has 1 atom stereocenters. The molecule has 4 aromatic rings. The summed E-state index contributed by atoms with van der Waals surface area (Å²) in [7, 11) is 1.89. The fourth-order valence-corrected chi connectivity index (χ4v) is 6.10. The lowest BCUT2D eigenvalue weighted by molar-refractivity contribution is -0.124. The number of carbonyl (C=O) groups is 1. The smallest absolute Gasteiger partial charge is 0.229 e. The monoisotopic (exact) mass is 590 g/mol. The number of benzene rings is 1. The van der Waals surface area contributed by atoms with Gasteiger partial charge in [-0.25, -0.2) is 9.97 Å². The molecule has 3 heterocycles. The van der Waals surface area contributed by atoms with Gasteiger partial charge in [-0.15, -0.1) is 0 Å². The summed E-state index contributed by atoms with van der Waals surface area (Å²) in [6.45, 7) is 0.858. The minimum atomic E-state index is -0.686. The highest BCUT2D eigenvalue weighted by Crippen LogP contribution is 2.39. The van der Waals surface area contributed by atoms with E-state index in [0.717, 1.165) is 60.9 Å². The summed E-state index contributed by atoms with van der Waals surface area (Å²) in [4.78, 5) is 27.7. The molecule has 10 nitrogen and oxygen atoms in total. The molecular weight excluding hydrogens is 552 g/mol.